The third-order valence-corrected chi connectivity index (χ3v) is 3.66. The summed E-state index contributed by atoms with van der Waals surface area (Å²) in [5.74, 6) is 0.897. The Morgan fingerprint density at radius 2 is 1.70 bits per heavy atom. The van der Waals surface area contributed by atoms with E-state index in [9.17, 15) is 0 Å². The molecular formula is C16H22N4. The second-order valence-electron chi connectivity index (χ2n) is 5.63. The molecule has 0 bridgehead atoms. The van der Waals surface area contributed by atoms with Crippen molar-refractivity contribution in [3.63, 3.8) is 0 Å². The largest absolute Gasteiger partial charge is 0.372 e. The SMILES string of the molecule is CC(C)Nc1nccn1-c1ccc(N2CCCC2)cc1. The van der Waals surface area contributed by atoms with Crippen molar-refractivity contribution in [1.82, 2.24) is 9.55 Å². The Bertz CT molecular complexity index is 550. The van der Waals surface area contributed by atoms with Gasteiger partial charge in [0.25, 0.3) is 0 Å². The van der Waals surface area contributed by atoms with Gasteiger partial charge in [-0.2, -0.15) is 0 Å². The van der Waals surface area contributed by atoms with E-state index in [4.69, 9.17) is 0 Å². The van der Waals surface area contributed by atoms with E-state index in [0.29, 0.717) is 6.04 Å². The maximum atomic E-state index is 4.37. The van der Waals surface area contributed by atoms with E-state index in [2.05, 4.69) is 57.9 Å². The molecule has 3 rings (SSSR count). The second-order valence-corrected chi connectivity index (χ2v) is 5.63. The van der Waals surface area contributed by atoms with Crippen molar-refractivity contribution in [2.45, 2.75) is 32.7 Å². The molecule has 0 unspecified atom stereocenters. The van der Waals surface area contributed by atoms with Gasteiger partial charge in [0.05, 0.1) is 0 Å². The number of benzene rings is 1. The predicted molar refractivity (Wildman–Crippen MR) is 83.8 cm³/mol. The van der Waals surface area contributed by atoms with Crippen molar-refractivity contribution in [3.8, 4) is 5.69 Å². The predicted octanol–water partition coefficient (Wildman–Crippen LogP) is 3.29. The number of imidazole rings is 1. The van der Waals surface area contributed by atoms with E-state index < -0.39 is 0 Å². The summed E-state index contributed by atoms with van der Waals surface area (Å²) >= 11 is 0. The zero-order valence-electron chi connectivity index (χ0n) is 12.2. The first-order chi connectivity index (χ1) is 9.74. The van der Waals surface area contributed by atoms with Crippen LogP contribution in [0.5, 0.6) is 0 Å². The third kappa shape index (κ3) is 2.64. The molecule has 0 atom stereocenters. The lowest BCUT2D eigenvalue weighted by Crippen LogP contribution is -2.17. The molecule has 106 valence electrons. The number of rotatable bonds is 4. The van der Waals surface area contributed by atoms with Gasteiger partial charge < -0.3 is 10.2 Å². The molecule has 4 nitrogen and oxygen atoms in total. The first kappa shape index (κ1) is 13.0. The van der Waals surface area contributed by atoms with E-state index in [1.165, 1.54) is 31.6 Å². The van der Waals surface area contributed by atoms with Gasteiger partial charge >= 0.3 is 0 Å². The molecule has 1 saturated heterocycles. The van der Waals surface area contributed by atoms with E-state index >= 15 is 0 Å². The van der Waals surface area contributed by atoms with Crippen molar-refractivity contribution in [2.75, 3.05) is 23.3 Å². The fourth-order valence-electron chi connectivity index (χ4n) is 2.68. The molecular weight excluding hydrogens is 248 g/mol. The lowest BCUT2D eigenvalue weighted by atomic mass is 10.2. The number of anilines is 2. The van der Waals surface area contributed by atoms with Crippen molar-refractivity contribution in [3.05, 3.63) is 36.7 Å². The highest BCUT2D eigenvalue weighted by Crippen LogP contribution is 2.23. The van der Waals surface area contributed by atoms with Gasteiger partial charge in [-0.15, -0.1) is 0 Å². The summed E-state index contributed by atoms with van der Waals surface area (Å²) in [6.07, 6.45) is 6.45. The Balaban J connectivity index is 1.82. The van der Waals surface area contributed by atoms with Crippen molar-refractivity contribution >= 4 is 11.6 Å². The molecule has 1 aromatic heterocycles. The maximum absolute atomic E-state index is 4.37. The Morgan fingerprint density at radius 1 is 1.05 bits per heavy atom. The van der Waals surface area contributed by atoms with Gasteiger partial charge in [0.2, 0.25) is 5.95 Å². The average Bonchev–Trinajstić information content (AvgIpc) is 3.09. The van der Waals surface area contributed by atoms with Crippen molar-refractivity contribution in [1.29, 1.82) is 0 Å². The molecule has 1 aliphatic heterocycles. The highest BCUT2D eigenvalue weighted by atomic mass is 15.2. The Kier molecular flexibility index (Phi) is 3.63. The van der Waals surface area contributed by atoms with Gasteiger partial charge in [0.1, 0.15) is 0 Å². The molecule has 2 aromatic rings. The first-order valence-corrected chi connectivity index (χ1v) is 7.39. The fraction of sp³-hybridized carbons (Fsp3) is 0.438. The normalized spacial score (nSPS) is 15.1. The lowest BCUT2D eigenvalue weighted by Gasteiger charge is -2.18. The number of hydrogen-bond donors (Lipinski definition) is 1. The second kappa shape index (κ2) is 5.57. The van der Waals surface area contributed by atoms with Gasteiger partial charge in [-0.1, -0.05) is 0 Å². The van der Waals surface area contributed by atoms with Crippen LogP contribution in [0.15, 0.2) is 36.7 Å². The van der Waals surface area contributed by atoms with E-state index in [1.807, 2.05) is 12.4 Å². The zero-order valence-corrected chi connectivity index (χ0v) is 12.2. The summed E-state index contributed by atoms with van der Waals surface area (Å²) in [4.78, 5) is 6.82. The lowest BCUT2D eigenvalue weighted by molar-refractivity contribution is 0.864. The van der Waals surface area contributed by atoms with Crippen LogP contribution in [0.1, 0.15) is 26.7 Å². The summed E-state index contributed by atoms with van der Waals surface area (Å²) in [7, 11) is 0. The molecule has 1 N–H and O–H groups in total. The smallest absolute Gasteiger partial charge is 0.207 e. The number of nitrogens with zero attached hydrogens (tertiary/aromatic N) is 3. The quantitative estimate of drug-likeness (QED) is 0.925. The first-order valence-electron chi connectivity index (χ1n) is 7.39. The standard InChI is InChI=1S/C16H22N4/c1-13(2)18-16-17-9-12-20(16)15-7-5-14(6-8-15)19-10-3-4-11-19/h5-9,12-13H,3-4,10-11H2,1-2H3,(H,17,18). The Hall–Kier alpha value is -1.97. The van der Waals surface area contributed by atoms with Crippen LogP contribution in [-0.4, -0.2) is 28.7 Å². The third-order valence-electron chi connectivity index (χ3n) is 3.66. The van der Waals surface area contributed by atoms with E-state index in [1.54, 1.807) is 0 Å². The average molecular weight is 270 g/mol. The minimum absolute atomic E-state index is 0.375. The summed E-state index contributed by atoms with van der Waals surface area (Å²) < 4.78 is 2.09. The molecule has 0 saturated carbocycles. The van der Waals surface area contributed by atoms with Gasteiger partial charge in [0.15, 0.2) is 0 Å². The van der Waals surface area contributed by atoms with E-state index in [-0.39, 0.29) is 0 Å². The minimum Gasteiger partial charge on any atom is -0.372 e. The molecule has 4 heteroatoms. The molecule has 1 aliphatic rings. The Morgan fingerprint density at radius 3 is 2.35 bits per heavy atom. The monoisotopic (exact) mass is 270 g/mol. The number of hydrogen-bond acceptors (Lipinski definition) is 3. The van der Waals surface area contributed by atoms with Crippen molar-refractivity contribution in [2.24, 2.45) is 0 Å². The van der Waals surface area contributed by atoms with Crippen LogP contribution in [0.3, 0.4) is 0 Å². The van der Waals surface area contributed by atoms with Crippen LogP contribution >= 0.6 is 0 Å². The zero-order chi connectivity index (χ0) is 13.9. The summed E-state index contributed by atoms with van der Waals surface area (Å²) in [6, 6.07) is 9.13. The van der Waals surface area contributed by atoms with Crippen molar-refractivity contribution < 1.29 is 0 Å². The summed E-state index contributed by atoms with van der Waals surface area (Å²) in [6.45, 7) is 6.61. The van der Waals surface area contributed by atoms with Gasteiger partial charge in [-0.3, -0.25) is 4.57 Å². The van der Waals surface area contributed by atoms with Crippen LogP contribution in [0.2, 0.25) is 0 Å². The topological polar surface area (TPSA) is 33.1 Å². The molecule has 20 heavy (non-hydrogen) atoms. The highest BCUT2D eigenvalue weighted by Gasteiger charge is 2.12. The molecule has 0 amide bonds. The van der Waals surface area contributed by atoms with Crippen LogP contribution < -0.4 is 10.2 Å². The van der Waals surface area contributed by atoms with Crippen LogP contribution in [0, 0.1) is 0 Å². The van der Waals surface area contributed by atoms with Gasteiger partial charge in [0, 0.05) is 42.9 Å². The van der Waals surface area contributed by atoms with Crippen LogP contribution in [0.25, 0.3) is 5.69 Å². The molecule has 1 aromatic carbocycles. The molecule has 0 aliphatic carbocycles. The highest BCUT2D eigenvalue weighted by molar-refractivity contribution is 5.53. The fourth-order valence-corrected chi connectivity index (χ4v) is 2.68. The summed E-state index contributed by atoms with van der Waals surface area (Å²) in [5, 5.41) is 3.36. The Labute approximate surface area is 120 Å². The molecule has 1 fully saturated rings. The maximum Gasteiger partial charge on any atom is 0.207 e. The van der Waals surface area contributed by atoms with Gasteiger partial charge in [-0.05, 0) is 51.0 Å². The minimum atomic E-state index is 0.375. The van der Waals surface area contributed by atoms with Crippen LogP contribution in [-0.2, 0) is 0 Å². The van der Waals surface area contributed by atoms with Crippen LogP contribution in [0.4, 0.5) is 11.6 Å². The number of aromatic nitrogens is 2. The molecule has 2 heterocycles. The summed E-state index contributed by atoms with van der Waals surface area (Å²) in [5.41, 5.74) is 2.47. The van der Waals surface area contributed by atoms with Gasteiger partial charge in [-0.25, -0.2) is 4.98 Å². The van der Waals surface area contributed by atoms with E-state index in [0.717, 1.165) is 11.6 Å². The number of nitrogens with one attached hydrogen (secondary N) is 1. The molecule has 0 radical (unpaired) electrons. The molecule has 0 spiro atoms.